The zero-order valence-corrected chi connectivity index (χ0v) is 9.06. The molecule has 0 saturated heterocycles. The van der Waals surface area contributed by atoms with Crippen LogP contribution in [0.25, 0.3) is 0 Å². The SMILES string of the molecule is NS(=O)(=O)[CH]1CC[CH]=[In]1. The van der Waals surface area contributed by atoms with Crippen molar-refractivity contribution in [3.63, 3.8) is 0 Å². The summed E-state index contributed by atoms with van der Waals surface area (Å²) in [4.78, 5) is 0. The summed E-state index contributed by atoms with van der Waals surface area (Å²) in [5.74, 6) is 0. The monoisotopic (exact) mass is 249 g/mol. The van der Waals surface area contributed by atoms with Gasteiger partial charge >= 0.3 is 65.6 Å². The molecule has 0 saturated carbocycles. The molecule has 50 valence electrons. The van der Waals surface area contributed by atoms with Crippen molar-refractivity contribution in [2.75, 3.05) is 0 Å². The van der Waals surface area contributed by atoms with E-state index in [-0.39, 0.29) is 3.01 Å². The summed E-state index contributed by atoms with van der Waals surface area (Å²) in [6, 6.07) is 0. The van der Waals surface area contributed by atoms with Crippen molar-refractivity contribution in [3.8, 4) is 0 Å². The Bertz CT molecular complexity index is 221. The number of rotatable bonds is 1. The standard InChI is InChI=1S/C4H8NO2S.In/c1-2-3-4-8(5,6)7;/h1,4H,2-3H2,(H2,5,6,7);. The molecule has 1 unspecified atom stereocenters. The Morgan fingerprint density at radius 3 is 2.56 bits per heavy atom. The second-order valence-electron chi connectivity index (χ2n) is 2.13. The van der Waals surface area contributed by atoms with E-state index >= 15 is 0 Å². The van der Waals surface area contributed by atoms with Crippen LogP contribution in [0.15, 0.2) is 0 Å². The molecule has 2 N–H and O–H groups in total. The van der Waals surface area contributed by atoms with Gasteiger partial charge in [-0.25, -0.2) is 0 Å². The molecule has 1 atom stereocenters. The summed E-state index contributed by atoms with van der Waals surface area (Å²) in [5.41, 5.74) is 0. The van der Waals surface area contributed by atoms with E-state index in [0.29, 0.717) is 0 Å². The zero-order chi connectivity index (χ0) is 6.91. The van der Waals surface area contributed by atoms with Gasteiger partial charge < -0.3 is 0 Å². The van der Waals surface area contributed by atoms with Crippen LogP contribution in [-0.4, -0.2) is 37.6 Å². The van der Waals surface area contributed by atoms with Crippen molar-refractivity contribution in [3.05, 3.63) is 0 Å². The summed E-state index contributed by atoms with van der Waals surface area (Å²) in [6.45, 7) is 0. The van der Waals surface area contributed by atoms with E-state index in [1.54, 1.807) is 0 Å². The maximum atomic E-state index is 10.6. The Hall–Kier alpha value is 0.650. The summed E-state index contributed by atoms with van der Waals surface area (Å²) < 4.78 is 23.3. The Labute approximate surface area is 65.5 Å². The van der Waals surface area contributed by atoms with Crippen LogP contribution in [0, 0.1) is 0 Å². The second kappa shape index (κ2) is 2.72. The molecule has 9 heavy (non-hydrogen) atoms. The number of hydrogen-bond donors (Lipinski definition) is 1. The van der Waals surface area contributed by atoms with Gasteiger partial charge in [0.2, 0.25) is 0 Å². The van der Waals surface area contributed by atoms with Gasteiger partial charge in [0.1, 0.15) is 0 Å². The van der Waals surface area contributed by atoms with Gasteiger partial charge in [0.15, 0.2) is 0 Å². The van der Waals surface area contributed by atoms with Crippen LogP contribution in [0.2, 0.25) is 0 Å². The first-order chi connectivity index (χ1) is 4.11. The normalized spacial score (nSPS) is 26.1. The topological polar surface area (TPSA) is 60.2 Å². The van der Waals surface area contributed by atoms with Crippen molar-refractivity contribution in [1.29, 1.82) is 0 Å². The number of nitrogens with two attached hydrogens (primary N) is 1. The average Bonchev–Trinajstić information content (AvgIpc) is 2.08. The second-order valence-corrected chi connectivity index (χ2v) is 10.0. The van der Waals surface area contributed by atoms with E-state index in [1.165, 1.54) is 0 Å². The first kappa shape index (κ1) is 7.75. The Kier molecular flexibility index (Phi) is 2.34. The average molecular weight is 249 g/mol. The van der Waals surface area contributed by atoms with E-state index in [9.17, 15) is 8.42 Å². The van der Waals surface area contributed by atoms with Gasteiger partial charge in [0.25, 0.3) is 0 Å². The third-order valence-corrected chi connectivity index (χ3v) is 10.7. The fraction of sp³-hybridized carbons (Fsp3) is 0.750. The van der Waals surface area contributed by atoms with Crippen LogP contribution in [0.3, 0.4) is 0 Å². The molecule has 1 heterocycles. The molecular formula is C4H8InNO2S. The minimum atomic E-state index is -3.15. The van der Waals surface area contributed by atoms with Gasteiger partial charge in [-0.2, -0.15) is 0 Å². The predicted octanol–water partition coefficient (Wildman–Crippen LogP) is -1.10. The van der Waals surface area contributed by atoms with E-state index in [4.69, 9.17) is 5.14 Å². The van der Waals surface area contributed by atoms with Crippen LogP contribution in [0.1, 0.15) is 12.8 Å². The van der Waals surface area contributed by atoms with Gasteiger partial charge in [-0.15, -0.1) is 0 Å². The molecule has 0 radical (unpaired) electrons. The van der Waals surface area contributed by atoms with Crippen molar-refractivity contribution in [1.82, 2.24) is 0 Å². The molecule has 0 bridgehead atoms. The molecule has 0 aliphatic carbocycles. The van der Waals surface area contributed by atoms with Gasteiger partial charge in [-0.05, 0) is 0 Å². The molecule has 1 aliphatic heterocycles. The predicted molar refractivity (Wildman–Crippen MR) is 37.9 cm³/mol. The molecule has 5 heteroatoms. The van der Waals surface area contributed by atoms with Crippen molar-refractivity contribution < 1.29 is 8.42 Å². The van der Waals surface area contributed by atoms with Gasteiger partial charge in [-0.1, -0.05) is 0 Å². The Morgan fingerprint density at radius 2 is 2.33 bits per heavy atom. The minimum absolute atomic E-state index is 0.104. The molecule has 1 aliphatic rings. The van der Waals surface area contributed by atoms with Crippen LogP contribution < -0.4 is 5.14 Å². The van der Waals surface area contributed by atoms with Crippen LogP contribution in [0.4, 0.5) is 0 Å². The molecule has 3 nitrogen and oxygen atoms in total. The summed E-state index contributed by atoms with van der Waals surface area (Å²) in [7, 11) is -3.15. The first-order valence-corrected chi connectivity index (χ1v) is 8.20. The van der Waals surface area contributed by atoms with Crippen LogP contribution in [-0.2, 0) is 10.0 Å². The third kappa shape index (κ3) is 2.05. The molecule has 0 aromatic carbocycles. The number of primary sulfonamides is 1. The van der Waals surface area contributed by atoms with E-state index < -0.39 is 32.4 Å². The fourth-order valence-electron chi connectivity index (χ4n) is 0.878. The summed E-state index contributed by atoms with van der Waals surface area (Å²) in [6.07, 6.45) is 1.77. The molecule has 0 spiro atoms. The molecule has 0 aromatic rings. The molecular weight excluding hydrogens is 241 g/mol. The summed E-state index contributed by atoms with van der Waals surface area (Å²) in [5, 5.41) is 4.94. The molecule has 0 fully saturated rings. The van der Waals surface area contributed by atoms with E-state index in [1.807, 2.05) is 0 Å². The number of hydrogen-bond acceptors (Lipinski definition) is 2. The van der Waals surface area contributed by atoms with E-state index in [2.05, 4.69) is 3.76 Å². The fourth-order valence-corrected chi connectivity index (χ4v) is 7.25. The quantitative estimate of drug-likeness (QED) is 0.641. The van der Waals surface area contributed by atoms with Gasteiger partial charge in [-0.3, -0.25) is 0 Å². The zero-order valence-electron chi connectivity index (χ0n) is 4.95. The van der Waals surface area contributed by atoms with Crippen molar-refractivity contribution in [2.24, 2.45) is 5.14 Å². The first-order valence-electron chi connectivity index (χ1n) is 2.79. The molecule has 0 amide bonds. The molecule has 1 rings (SSSR count). The number of sulfonamides is 1. The van der Waals surface area contributed by atoms with Crippen LogP contribution >= 0.6 is 0 Å². The van der Waals surface area contributed by atoms with Gasteiger partial charge in [0.05, 0.1) is 0 Å². The Morgan fingerprint density at radius 1 is 1.67 bits per heavy atom. The van der Waals surface area contributed by atoms with Gasteiger partial charge in [0, 0.05) is 0 Å². The van der Waals surface area contributed by atoms with Crippen LogP contribution in [0.5, 0.6) is 0 Å². The summed E-state index contributed by atoms with van der Waals surface area (Å²) >= 11 is -0.898. The molecule has 0 aromatic heterocycles. The van der Waals surface area contributed by atoms with Crippen molar-refractivity contribution >= 4 is 36.2 Å². The van der Waals surface area contributed by atoms with E-state index in [0.717, 1.165) is 12.8 Å². The van der Waals surface area contributed by atoms with Crippen molar-refractivity contribution in [2.45, 2.75) is 15.8 Å². The third-order valence-electron chi connectivity index (χ3n) is 1.39. The maximum absolute atomic E-state index is 10.6. The Balaban J connectivity index is 2.76.